The molecule has 0 aromatic heterocycles. The quantitative estimate of drug-likeness (QED) is 0.706. The van der Waals surface area contributed by atoms with E-state index in [1.54, 1.807) is 4.90 Å². The van der Waals surface area contributed by atoms with E-state index in [-0.39, 0.29) is 24.2 Å². The first kappa shape index (κ1) is 18.1. The van der Waals surface area contributed by atoms with Crippen molar-refractivity contribution in [1.29, 1.82) is 0 Å². The molecule has 1 heterocycles. The van der Waals surface area contributed by atoms with Gasteiger partial charge in [0.25, 0.3) is 0 Å². The van der Waals surface area contributed by atoms with Crippen LogP contribution in [-0.4, -0.2) is 18.4 Å². The molecule has 0 aliphatic carbocycles. The molecule has 3 rings (SSSR count). The van der Waals surface area contributed by atoms with Gasteiger partial charge in [0, 0.05) is 33.3 Å². The van der Waals surface area contributed by atoms with Crippen molar-refractivity contribution in [2.75, 3.05) is 16.8 Å². The largest absolute Gasteiger partial charge is 0.325 e. The zero-order chi connectivity index (χ0) is 18.1. The molecule has 2 aromatic carbocycles. The molecule has 0 bridgehead atoms. The molecule has 1 fully saturated rings. The van der Waals surface area contributed by atoms with E-state index in [9.17, 15) is 9.59 Å². The summed E-state index contributed by atoms with van der Waals surface area (Å²) in [6.45, 7) is 4.32. The summed E-state index contributed by atoms with van der Waals surface area (Å²) < 4.78 is 1.94. The predicted octanol–water partition coefficient (Wildman–Crippen LogP) is 4.82. The molecule has 0 spiro atoms. The molecule has 1 atom stereocenters. The standard InChI is InChI=1S/C19H18Br2N2O2/c1-11-7-15(21)8-12(2)18(11)22-19(25)13-9-17(24)23(10-13)16-5-3-14(20)4-6-16/h3-8,13H,9-10H2,1-2H3,(H,22,25)/t13-/m1/s1. The van der Waals surface area contributed by atoms with Crippen molar-refractivity contribution in [3.05, 3.63) is 56.5 Å². The summed E-state index contributed by atoms with van der Waals surface area (Å²) in [7, 11) is 0. The van der Waals surface area contributed by atoms with E-state index < -0.39 is 0 Å². The molecule has 0 saturated carbocycles. The summed E-state index contributed by atoms with van der Waals surface area (Å²) in [4.78, 5) is 26.7. The minimum atomic E-state index is -0.349. The smallest absolute Gasteiger partial charge is 0.229 e. The Labute approximate surface area is 163 Å². The van der Waals surface area contributed by atoms with Gasteiger partial charge in [-0.3, -0.25) is 9.59 Å². The average molecular weight is 466 g/mol. The minimum Gasteiger partial charge on any atom is -0.325 e. The van der Waals surface area contributed by atoms with Crippen LogP contribution in [0.1, 0.15) is 17.5 Å². The number of anilines is 2. The van der Waals surface area contributed by atoms with Gasteiger partial charge in [-0.15, -0.1) is 0 Å². The van der Waals surface area contributed by atoms with Crippen molar-refractivity contribution in [2.24, 2.45) is 5.92 Å². The molecule has 4 nitrogen and oxygen atoms in total. The number of nitrogens with one attached hydrogen (secondary N) is 1. The van der Waals surface area contributed by atoms with Gasteiger partial charge < -0.3 is 10.2 Å². The second-order valence-corrected chi connectivity index (χ2v) is 8.12. The van der Waals surface area contributed by atoms with Gasteiger partial charge in [0.05, 0.1) is 5.92 Å². The van der Waals surface area contributed by atoms with Crippen molar-refractivity contribution in [1.82, 2.24) is 0 Å². The number of carbonyl (C=O) groups is 2. The lowest BCUT2D eigenvalue weighted by molar-refractivity contribution is -0.122. The first-order valence-corrected chi connectivity index (χ1v) is 9.57. The molecule has 2 aromatic rings. The van der Waals surface area contributed by atoms with Crippen molar-refractivity contribution in [3.63, 3.8) is 0 Å². The maximum atomic E-state index is 12.7. The fourth-order valence-electron chi connectivity index (χ4n) is 3.09. The Kier molecular flexibility index (Phi) is 5.29. The Hall–Kier alpha value is -1.66. The van der Waals surface area contributed by atoms with Gasteiger partial charge in [0.2, 0.25) is 11.8 Å². The van der Waals surface area contributed by atoms with Crippen molar-refractivity contribution >= 4 is 55.0 Å². The molecule has 0 unspecified atom stereocenters. The fourth-order valence-corrected chi connectivity index (χ4v) is 4.04. The summed E-state index contributed by atoms with van der Waals surface area (Å²) in [6.07, 6.45) is 0.233. The van der Waals surface area contributed by atoms with Gasteiger partial charge in [-0.25, -0.2) is 0 Å². The third-order valence-corrected chi connectivity index (χ3v) is 5.37. The molecule has 6 heteroatoms. The topological polar surface area (TPSA) is 49.4 Å². The number of aryl methyl sites for hydroxylation is 2. The number of rotatable bonds is 3. The summed E-state index contributed by atoms with van der Waals surface area (Å²) >= 11 is 6.85. The maximum Gasteiger partial charge on any atom is 0.229 e. The number of hydrogen-bond donors (Lipinski definition) is 1. The van der Waals surface area contributed by atoms with E-state index in [1.807, 2.05) is 50.2 Å². The summed E-state index contributed by atoms with van der Waals surface area (Å²) in [5.74, 6) is -0.480. The van der Waals surface area contributed by atoms with Gasteiger partial charge in [0.1, 0.15) is 0 Å². The van der Waals surface area contributed by atoms with Crippen LogP contribution in [0, 0.1) is 19.8 Å². The number of amides is 2. The van der Waals surface area contributed by atoms with Crippen LogP contribution in [0.3, 0.4) is 0 Å². The van der Waals surface area contributed by atoms with Gasteiger partial charge in [0.15, 0.2) is 0 Å². The molecule has 0 radical (unpaired) electrons. The molecule has 130 valence electrons. The Morgan fingerprint density at radius 1 is 1.08 bits per heavy atom. The van der Waals surface area contributed by atoms with Crippen LogP contribution in [0.25, 0.3) is 0 Å². The molecular formula is C19H18Br2N2O2. The molecular weight excluding hydrogens is 448 g/mol. The third-order valence-electron chi connectivity index (χ3n) is 4.38. The predicted molar refractivity (Wildman–Crippen MR) is 107 cm³/mol. The van der Waals surface area contributed by atoms with Gasteiger partial charge in [-0.1, -0.05) is 31.9 Å². The first-order valence-electron chi connectivity index (χ1n) is 7.98. The summed E-state index contributed by atoms with van der Waals surface area (Å²) in [5.41, 5.74) is 3.63. The highest BCUT2D eigenvalue weighted by Gasteiger charge is 2.35. The van der Waals surface area contributed by atoms with Gasteiger partial charge in [-0.05, 0) is 61.4 Å². The monoisotopic (exact) mass is 464 g/mol. The Balaban J connectivity index is 1.74. The molecule has 1 saturated heterocycles. The molecule has 1 aliphatic rings. The van der Waals surface area contributed by atoms with Crippen LogP contribution in [0.5, 0.6) is 0 Å². The SMILES string of the molecule is Cc1cc(Br)cc(C)c1NC(=O)[C@@H]1CC(=O)N(c2ccc(Br)cc2)C1. The van der Waals surface area contributed by atoms with E-state index >= 15 is 0 Å². The van der Waals surface area contributed by atoms with E-state index in [4.69, 9.17) is 0 Å². The van der Waals surface area contributed by atoms with E-state index in [1.165, 1.54) is 0 Å². The van der Waals surface area contributed by atoms with Crippen LogP contribution in [0.4, 0.5) is 11.4 Å². The highest BCUT2D eigenvalue weighted by molar-refractivity contribution is 9.10. The normalized spacial score (nSPS) is 17.0. The van der Waals surface area contributed by atoms with E-state index in [0.29, 0.717) is 6.54 Å². The fraction of sp³-hybridized carbons (Fsp3) is 0.263. The molecule has 2 amide bonds. The molecule has 25 heavy (non-hydrogen) atoms. The lowest BCUT2D eigenvalue weighted by Crippen LogP contribution is -2.28. The maximum absolute atomic E-state index is 12.7. The van der Waals surface area contributed by atoms with E-state index in [0.717, 1.165) is 31.4 Å². The zero-order valence-corrected chi connectivity index (χ0v) is 17.1. The summed E-state index contributed by atoms with van der Waals surface area (Å²) in [5, 5.41) is 3.00. The average Bonchev–Trinajstić information content (AvgIpc) is 2.93. The van der Waals surface area contributed by atoms with E-state index in [2.05, 4.69) is 37.2 Å². The zero-order valence-electron chi connectivity index (χ0n) is 14.0. The van der Waals surface area contributed by atoms with Crippen LogP contribution in [0.15, 0.2) is 45.3 Å². The second kappa shape index (κ2) is 7.30. The number of halogens is 2. The number of benzene rings is 2. The van der Waals surface area contributed by atoms with Crippen LogP contribution in [0.2, 0.25) is 0 Å². The van der Waals surface area contributed by atoms with Crippen LogP contribution >= 0.6 is 31.9 Å². The van der Waals surface area contributed by atoms with Crippen molar-refractivity contribution in [3.8, 4) is 0 Å². The second-order valence-electron chi connectivity index (χ2n) is 6.29. The summed E-state index contributed by atoms with van der Waals surface area (Å²) in [6, 6.07) is 11.5. The van der Waals surface area contributed by atoms with Crippen molar-refractivity contribution in [2.45, 2.75) is 20.3 Å². The van der Waals surface area contributed by atoms with Crippen LogP contribution in [-0.2, 0) is 9.59 Å². The Morgan fingerprint density at radius 3 is 2.28 bits per heavy atom. The number of hydrogen-bond acceptors (Lipinski definition) is 2. The minimum absolute atomic E-state index is 0.0216. The van der Waals surface area contributed by atoms with Crippen LogP contribution < -0.4 is 10.2 Å². The Bertz CT molecular complexity index is 811. The van der Waals surface area contributed by atoms with Gasteiger partial charge in [-0.2, -0.15) is 0 Å². The van der Waals surface area contributed by atoms with Crippen molar-refractivity contribution < 1.29 is 9.59 Å². The number of carbonyl (C=O) groups excluding carboxylic acids is 2. The highest BCUT2D eigenvalue weighted by Crippen LogP contribution is 2.29. The highest BCUT2D eigenvalue weighted by atomic mass is 79.9. The Morgan fingerprint density at radius 2 is 1.68 bits per heavy atom. The molecule has 1 N–H and O–H groups in total. The lowest BCUT2D eigenvalue weighted by Gasteiger charge is -2.18. The first-order chi connectivity index (χ1) is 11.8. The number of nitrogens with zero attached hydrogens (tertiary/aromatic N) is 1. The lowest BCUT2D eigenvalue weighted by atomic mass is 10.1. The third kappa shape index (κ3) is 3.96. The molecule has 1 aliphatic heterocycles. The van der Waals surface area contributed by atoms with Gasteiger partial charge >= 0.3 is 0 Å².